The van der Waals surface area contributed by atoms with Crippen molar-refractivity contribution in [1.82, 2.24) is 19.8 Å². The highest BCUT2D eigenvalue weighted by molar-refractivity contribution is 9.10. The van der Waals surface area contributed by atoms with Crippen LogP contribution >= 0.6 is 15.9 Å². The van der Waals surface area contributed by atoms with Crippen molar-refractivity contribution in [2.24, 2.45) is 5.92 Å². The molecule has 27 heavy (non-hydrogen) atoms. The lowest BCUT2D eigenvalue weighted by molar-refractivity contribution is -0.134. The molecule has 0 aromatic carbocycles. The number of hydrogen-bond acceptors (Lipinski definition) is 4. The fraction of sp³-hybridized carbons (Fsp3) is 0.400. The number of carbonyl (C=O) groups is 2. The fourth-order valence-corrected chi connectivity index (χ4v) is 4.49. The normalized spacial score (nSPS) is 25.5. The summed E-state index contributed by atoms with van der Waals surface area (Å²) in [7, 11) is 1.82. The van der Waals surface area contributed by atoms with E-state index in [9.17, 15) is 9.59 Å². The van der Waals surface area contributed by atoms with Gasteiger partial charge in [0, 0.05) is 26.2 Å². The Morgan fingerprint density at radius 3 is 2.67 bits per heavy atom. The monoisotopic (exact) mass is 428 g/mol. The Kier molecular flexibility index (Phi) is 4.95. The number of likely N-dealkylation sites (tertiary alicyclic amines) is 2. The zero-order chi connectivity index (χ0) is 19.0. The average molecular weight is 429 g/mol. The highest BCUT2D eigenvalue weighted by atomic mass is 79.9. The van der Waals surface area contributed by atoms with Crippen LogP contribution in [-0.2, 0) is 9.59 Å². The predicted molar refractivity (Wildman–Crippen MR) is 103 cm³/mol. The van der Waals surface area contributed by atoms with Gasteiger partial charge in [0.25, 0.3) is 0 Å². The lowest BCUT2D eigenvalue weighted by atomic mass is 10.0. The summed E-state index contributed by atoms with van der Waals surface area (Å²) in [5.41, 5.74) is 1.77. The molecule has 0 aliphatic carbocycles. The predicted octanol–water partition coefficient (Wildman–Crippen LogP) is 3.12. The van der Waals surface area contributed by atoms with Crippen LogP contribution in [-0.4, -0.2) is 45.2 Å². The Morgan fingerprint density at radius 2 is 1.93 bits per heavy atom. The third-order valence-electron chi connectivity index (χ3n) is 5.52. The number of nitrogens with zero attached hydrogens (tertiary/aromatic N) is 4. The minimum atomic E-state index is -0.214. The van der Waals surface area contributed by atoms with E-state index in [1.807, 2.05) is 48.3 Å². The van der Waals surface area contributed by atoms with Gasteiger partial charge in [0.05, 0.1) is 29.4 Å². The number of hydrogen-bond donors (Lipinski definition) is 0. The van der Waals surface area contributed by atoms with E-state index in [0.29, 0.717) is 19.4 Å². The van der Waals surface area contributed by atoms with Crippen LogP contribution in [0, 0.1) is 5.92 Å². The van der Waals surface area contributed by atoms with Gasteiger partial charge in [-0.1, -0.05) is 12.1 Å². The molecule has 2 aliphatic heterocycles. The van der Waals surface area contributed by atoms with Crippen molar-refractivity contribution in [3.63, 3.8) is 0 Å². The van der Waals surface area contributed by atoms with Crippen LogP contribution in [0.2, 0.25) is 0 Å². The number of halogens is 1. The number of rotatable bonds is 4. The lowest BCUT2D eigenvalue weighted by Gasteiger charge is -2.26. The van der Waals surface area contributed by atoms with Crippen LogP contribution in [0.15, 0.2) is 47.2 Å². The van der Waals surface area contributed by atoms with Crippen molar-refractivity contribution in [3.8, 4) is 0 Å². The largest absolute Gasteiger partial charge is 0.337 e. The van der Waals surface area contributed by atoms with Gasteiger partial charge in [-0.25, -0.2) is 4.98 Å². The molecule has 0 saturated carbocycles. The van der Waals surface area contributed by atoms with E-state index in [2.05, 4.69) is 25.9 Å². The Morgan fingerprint density at radius 1 is 1.11 bits per heavy atom. The summed E-state index contributed by atoms with van der Waals surface area (Å²) in [5.74, 6) is -0.0413. The van der Waals surface area contributed by atoms with Crippen molar-refractivity contribution in [1.29, 1.82) is 0 Å². The number of amides is 2. The summed E-state index contributed by atoms with van der Waals surface area (Å²) in [6.07, 6.45) is 3.68. The fourth-order valence-electron chi connectivity index (χ4n) is 4.13. The molecular formula is C20H21BrN4O2. The molecule has 0 bridgehead atoms. The first-order chi connectivity index (χ1) is 13.0. The molecule has 2 saturated heterocycles. The second-order valence-electron chi connectivity index (χ2n) is 7.14. The molecule has 4 heterocycles. The van der Waals surface area contributed by atoms with Gasteiger partial charge < -0.3 is 9.80 Å². The third kappa shape index (κ3) is 3.48. The van der Waals surface area contributed by atoms with Crippen LogP contribution in [0.25, 0.3) is 0 Å². The van der Waals surface area contributed by atoms with Gasteiger partial charge in [0.15, 0.2) is 0 Å². The molecule has 2 aliphatic rings. The van der Waals surface area contributed by atoms with Crippen molar-refractivity contribution in [2.45, 2.75) is 31.3 Å². The molecule has 140 valence electrons. The second kappa shape index (κ2) is 7.38. The van der Waals surface area contributed by atoms with E-state index >= 15 is 0 Å². The zero-order valence-corrected chi connectivity index (χ0v) is 16.7. The molecule has 0 N–H and O–H groups in total. The topological polar surface area (TPSA) is 66.4 Å². The Balaban J connectivity index is 1.53. The maximum absolute atomic E-state index is 12.8. The maximum atomic E-state index is 12.8. The first-order valence-electron chi connectivity index (χ1n) is 9.14. The Labute approximate surface area is 166 Å². The number of pyridine rings is 2. The Bertz CT molecular complexity index is 860. The van der Waals surface area contributed by atoms with Crippen LogP contribution in [0.5, 0.6) is 0 Å². The minimum Gasteiger partial charge on any atom is -0.337 e. The molecule has 2 aromatic heterocycles. The van der Waals surface area contributed by atoms with E-state index in [1.54, 1.807) is 11.1 Å². The third-order valence-corrected chi connectivity index (χ3v) is 5.97. The molecule has 2 aromatic rings. The molecule has 2 fully saturated rings. The zero-order valence-electron chi connectivity index (χ0n) is 15.1. The molecular weight excluding hydrogens is 408 g/mol. The van der Waals surface area contributed by atoms with Crippen LogP contribution in [0.3, 0.4) is 0 Å². The van der Waals surface area contributed by atoms with Gasteiger partial charge in [-0.15, -0.1) is 0 Å². The van der Waals surface area contributed by atoms with Crippen molar-refractivity contribution in [3.05, 3.63) is 58.6 Å². The van der Waals surface area contributed by atoms with E-state index in [1.165, 1.54) is 0 Å². The van der Waals surface area contributed by atoms with E-state index < -0.39 is 0 Å². The molecule has 3 atom stereocenters. The van der Waals surface area contributed by atoms with Gasteiger partial charge in [0.1, 0.15) is 4.60 Å². The summed E-state index contributed by atoms with van der Waals surface area (Å²) in [4.78, 5) is 37.9. The first kappa shape index (κ1) is 18.1. The van der Waals surface area contributed by atoms with Gasteiger partial charge in [-0.05, 0) is 53.0 Å². The first-order valence-corrected chi connectivity index (χ1v) is 9.93. The molecule has 0 spiro atoms. The quantitative estimate of drug-likeness (QED) is 0.701. The van der Waals surface area contributed by atoms with E-state index in [-0.39, 0.29) is 29.8 Å². The summed E-state index contributed by atoms with van der Waals surface area (Å²) >= 11 is 3.40. The standard InChI is InChI=1S/C20H21BrN4O2/c1-24-17(15-6-4-7-18(21)23-15)11-13(20(24)27)12-25-16(8-9-19(25)26)14-5-2-3-10-22-14/h2-7,10,13,16-17H,8-9,11-12H2,1H3. The van der Waals surface area contributed by atoms with Gasteiger partial charge >= 0.3 is 0 Å². The SMILES string of the molecule is CN1C(=O)C(CN2C(=O)CCC2c2ccccn2)CC1c1cccc(Br)n1. The summed E-state index contributed by atoms with van der Waals surface area (Å²) in [5, 5.41) is 0. The van der Waals surface area contributed by atoms with Gasteiger partial charge in [-0.2, -0.15) is 0 Å². The molecule has 3 unspecified atom stereocenters. The van der Waals surface area contributed by atoms with E-state index in [0.717, 1.165) is 22.4 Å². The molecule has 2 amide bonds. The summed E-state index contributed by atoms with van der Waals surface area (Å²) in [6.45, 7) is 0.438. The molecule has 7 heteroatoms. The molecule has 6 nitrogen and oxygen atoms in total. The van der Waals surface area contributed by atoms with Crippen LogP contribution < -0.4 is 0 Å². The smallest absolute Gasteiger partial charge is 0.227 e. The van der Waals surface area contributed by atoms with Crippen LogP contribution in [0.4, 0.5) is 0 Å². The number of aromatic nitrogens is 2. The Hall–Kier alpha value is -2.28. The summed E-state index contributed by atoms with van der Waals surface area (Å²) in [6, 6.07) is 11.4. The van der Waals surface area contributed by atoms with Crippen molar-refractivity contribution >= 4 is 27.7 Å². The van der Waals surface area contributed by atoms with E-state index in [4.69, 9.17) is 0 Å². The molecule has 0 radical (unpaired) electrons. The maximum Gasteiger partial charge on any atom is 0.227 e. The highest BCUT2D eigenvalue weighted by Gasteiger charge is 2.42. The van der Waals surface area contributed by atoms with Crippen LogP contribution in [0.1, 0.15) is 42.7 Å². The summed E-state index contributed by atoms with van der Waals surface area (Å²) < 4.78 is 0.759. The van der Waals surface area contributed by atoms with Crippen molar-refractivity contribution in [2.75, 3.05) is 13.6 Å². The average Bonchev–Trinajstić information content (AvgIpc) is 3.18. The lowest BCUT2D eigenvalue weighted by Crippen LogP contribution is -2.36. The second-order valence-corrected chi connectivity index (χ2v) is 7.95. The van der Waals surface area contributed by atoms with Crippen molar-refractivity contribution < 1.29 is 9.59 Å². The highest BCUT2D eigenvalue weighted by Crippen LogP contribution is 2.38. The minimum absolute atomic E-state index is 0.0418. The van der Waals surface area contributed by atoms with Gasteiger partial charge in [0.2, 0.25) is 11.8 Å². The molecule has 4 rings (SSSR count). The van der Waals surface area contributed by atoms with Gasteiger partial charge in [-0.3, -0.25) is 14.6 Å². The number of carbonyl (C=O) groups excluding carboxylic acids is 2.